The molecule has 3 aliphatic rings. The van der Waals surface area contributed by atoms with Gasteiger partial charge in [0.05, 0.1) is 19.1 Å². The maximum atomic E-state index is 12.9. The molecule has 2 saturated carbocycles. The van der Waals surface area contributed by atoms with Crippen molar-refractivity contribution in [3.05, 3.63) is 29.8 Å². The lowest BCUT2D eigenvalue weighted by Crippen LogP contribution is -2.47. The Hall–Kier alpha value is -1.01. The van der Waals surface area contributed by atoms with Crippen LogP contribution in [-0.4, -0.2) is 43.6 Å². The second-order valence-corrected chi connectivity index (χ2v) is 8.57. The lowest BCUT2D eigenvalue weighted by Gasteiger charge is -2.36. The van der Waals surface area contributed by atoms with Crippen LogP contribution in [0.1, 0.15) is 50.1 Å². The third-order valence-electron chi connectivity index (χ3n) is 7.09. The van der Waals surface area contributed by atoms with Gasteiger partial charge in [-0.3, -0.25) is 9.69 Å². The second-order valence-electron chi connectivity index (χ2n) is 8.57. The van der Waals surface area contributed by atoms with Crippen molar-refractivity contribution in [2.24, 2.45) is 23.5 Å². The molecule has 2 aliphatic carbocycles. The summed E-state index contributed by atoms with van der Waals surface area (Å²) in [5.41, 5.74) is 7.62. The van der Waals surface area contributed by atoms with E-state index in [2.05, 4.69) is 22.3 Å². The Morgan fingerprint density at radius 1 is 1.14 bits per heavy atom. The number of hydrogen-bond acceptors (Lipinski definition) is 4. The van der Waals surface area contributed by atoms with Crippen LogP contribution < -0.4 is 15.8 Å². The van der Waals surface area contributed by atoms with E-state index in [1.807, 2.05) is 12.1 Å². The Labute approximate surface area is 186 Å². The summed E-state index contributed by atoms with van der Waals surface area (Å²) in [6.45, 7) is 2.85. The number of hydrogen-bond donors (Lipinski definition) is 2. The number of nitrogens with one attached hydrogen (secondary N) is 1. The summed E-state index contributed by atoms with van der Waals surface area (Å²) in [7, 11) is 1.69. The number of carbonyl (C=O) groups is 1. The van der Waals surface area contributed by atoms with Gasteiger partial charge in [0.1, 0.15) is 5.75 Å². The first-order chi connectivity index (χ1) is 13.2. The third kappa shape index (κ3) is 5.19. The normalized spacial score (nSPS) is 29.4. The molecule has 2 bridgehead atoms. The van der Waals surface area contributed by atoms with Gasteiger partial charge in [-0.25, -0.2) is 0 Å². The summed E-state index contributed by atoms with van der Waals surface area (Å²) >= 11 is 0. The van der Waals surface area contributed by atoms with E-state index < -0.39 is 0 Å². The van der Waals surface area contributed by atoms with Gasteiger partial charge in [0.25, 0.3) is 0 Å². The fourth-order valence-electron chi connectivity index (χ4n) is 5.55. The predicted molar refractivity (Wildman–Crippen MR) is 121 cm³/mol. The van der Waals surface area contributed by atoms with Crippen molar-refractivity contribution >= 4 is 30.7 Å². The molecule has 0 radical (unpaired) electrons. The Kier molecular flexibility index (Phi) is 9.08. The molecule has 5 unspecified atom stereocenters. The fraction of sp³-hybridized carbons (Fsp3) is 0.682. The van der Waals surface area contributed by atoms with Gasteiger partial charge in [-0.05, 0) is 74.7 Å². The predicted octanol–water partition coefficient (Wildman–Crippen LogP) is 3.56. The zero-order valence-corrected chi connectivity index (χ0v) is 18.9. The summed E-state index contributed by atoms with van der Waals surface area (Å²) in [6.07, 6.45) is 7.30. The summed E-state index contributed by atoms with van der Waals surface area (Å²) in [4.78, 5) is 15.5. The first-order valence-corrected chi connectivity index (χ1v) is 10.6. The van der Waals surface area contributed by atoms with E-state index in [1.54, 1.807) is 7.11 Å². The van der Waals surface area contributed by atoms with Gasteiger partial charge in [-0.15, -0.1) is 24.8 Å². The largest absolute Gasteiger partial charge is 0.497 e. The quantitative estimate of drug-likeness (QED) is 0.704. The van der Waals surface area contributed by atoms with E-state index in [-0.39, 0.29) is 48.7 Å². The summed E-state index contributed by atoms with van der Waals surface area (Å²) in [6, 6.07) is 8.56. The van der Waals surface area contributed by atoms with Crippen molar-refractivity contribution in [3.63, 3.8) is 0 Å². The van der Waals surface area contributed by atoms with E-state index in [4.69, 9.17) is 10.5 Å². The molecule has 5 nitrogen and oxygen atoms in total. The molecule has 3 fully saturated rings. The standard InChI is InChI=1S/C22H33N3O2.2ClH/c1-27-18-9-7-15(8-10-18)19(25-11-3-2-4-12-25)14-24-22(26)20-16-5-6-17(13-16)21(20)23;;/h7-10,16-17,19-21H,2-6,11-14,23H2,1H3,(H,24,26);2*1H. The average Bonchev–Trinajstić information content (AvgIpc) is 3.30. The monoisotopic (exact) mass is 443 g/mol. The van der Waals surface area contributed by atoms with Crippen molar-refractivity contribution < 1.29 is 9.53 Å². The van der Waals surface area contributed by atoms with Crippen LogP contribution >= 0.6 is 24.8 Å². The van der Waals surface area contributed by atoms with Crippen LogP contribution in [0.2, 0.25) is 0 Å². The molecule has 1 aromatic carbocycles. The highest BCUT2D eigenvalue weighted by atomic mass is 35.5. The number of nitrogens with zero attached hydrogens (tertiary/aromatic N) is 1. The van der Waals surface area contributed by atoms with Crippen LogP contribution in [0.4, 0.5) is 0 Å². The van der Waals surface area contributed by atoms with E-state index in [0.717, 1.165) is 25.3 Å². The van der Waals surface area contributed by atoms with E-state index in [1.165, 1.54) is 37.7 Å². The number of fused-ring (bicyclic) bond motifs is 2. The van der Waals surface area contributed by atoms with Gasteiger partial charge >= 0.3 is 0 Å². The Balaban J connectivity index is 0.00000150. The number of halogens is 2. The maximum Gasteiger partial charge on any atom is 0.225 e. The molecule has 1 saturated heterocycles. The lowest BCUT2D eigenvalue weighted by molar-refractivity contribution is -0.127. The van der Waals surface area contributed by atoms with Crippen molar-refractivity contribution in [2.75, 3.05) is 26.7 Å². The Morgan fingerprint density at radius 3 is 2.38 bits per heavy atom. The Morgan fingerprint density at radius 2 is 1.79 bits per heavy atom. The molecule has 5 atom stereocenters. The number of benzene rings is 1. The van der Waals surface area contributed by atoms with Crippen LogP contribution in [0.15, 0.2) is 24.3 Å². The minimum atomic E-state index is 0. The molecule has 7 heteroatoms. The van der Waals surface area contributed by atoms with Gasteiger partial charge in [0, 0.05) is 12.6 Å². The Bertz CT molecular complexity index is 650. The highest BCUT2D eigenvalue weighted by Crippen LogP contribution is 2.47. The summed E-state index contributed by atoms with van der Waals surface area (Å²) in [5.74, 6) is 2.12. The summed E-state index contributed by atoms with van der Waals surface area (Å²) < 4.78 is 5.30. The molecule has 0 spiro atoms. The highest BCUT2D eigenvalue weighted by molar-refractivity contribution is 5.85. The number of piperidine rings is 1. The van der Waals surface area contributed by atoms with Crippen LogP contribution in [0.5, 0.6) is 5.75 Å². The molecule has 1 amide bonds. The topological polar surface area (TPSA) is 67.6 Å². The molecule has 1 aromatic rings. The molecule has 1 heterocycles. The molecular formula is C22H35Cl2N3O2. The maximum absolute atomic E-state index is 12.9. The number of rotatable bonds is 6. The van der Waals surface area contributed by atoms with E-state index in [9.17, 15) is 4.79 Å². The third-order valence-corrected chi connectivity index (χ3v) is 7.09. The number of carbonyl (C=O) groups excluding carboxylic acids is 1. The smallest absolute Gasteiger partial charge is 0.225 e. The molecule has 4 rings (SSSR count). The minimum Gasteiger partial charge on any atom is -0.497 e. The minimum absolute atomic E-state index is 0. The number of amides is 1. The second kappa shape index (κ2) is 10.9. The van der Waals surface area contributed by atoms with Gasteiger partial charge in [-0.2, -0.15) is 0 Å². The van der Waals surface area contributed by atoms with Crippen LogP contribution in [0, 0.1) is 17.8 Å². The van der Waals surface area contributed by atoms with Crippen LogP contribution in [-0.2, 0) is 4.79 Å². The zero-order valence-electron chi connectivity index (χ0n) is 17.2. The van der Waals surface area contributed by atoms with E-state index in [0.29, 0.717) is 18.4 Å². The highest BCUT2D eigenvalue weighted by Gasteiger charge is 2.49. The molecule has 0 aromatic heterocycles. The van der Waals surface area contributed by atoms with Crippen molar-refractivity contribution in [1.29, 1.82) is 0 Å². The number of nitrogens with two attached hydrogens (primary N) is 1. The van der Waals surface area contributed by atoms with Gasteiger partial charge < -0.3 is 15.8 Å². The van der Waals surface area contributed by atoms with Crippen LogP contribution in [0.3, 0.4) is 0 Å². The van der Waals surface area contributed by atoms with E-state index >= 15 is 0 Å². The SMILES string of the molecule is COc1ccc(C(CNC(=O)C2C3CCC(C3)C2N)N2CCCCC2)cc1.Cl.Cl. The average molecular weight is 444 g/mol. The lowest BCUT2D eigenvalue weighted by atomic mass is 9.84. The number of methoxy groups -OCH3 is 1. The molecule has 164 valence electrons. The van der Waals surface area contributed by atoms with Gasteiger partial charge in [0.2, 0.25) is 5.91 Å². The van der Waals surface area contributed by atoms with Crippen molar-refractivity contribution in [2.45, 2.75) is 50.6 Å². The molecule has 1 aliphatic heterocycles. The first kappa shape index (κ1) is 24.3. The molecule has 29 heavy (non-hydrogen) atoms. The van der Waals surface area contributed by atoms with Crippen molar-refractivity contribution in [3.8, 4) is 5.75 Å². The number of ether oxygens (including phenoxy) is 1. The summed E-state index contributed by atoms with van der Waals surface area (Å²) in [5, 5.41) is 3.27. The van der Waals surface area contributed by atoms with Crippen LogP contribution in [0.25, 0.3) is 0 Å². The van der Waals surface area contributed by atoms with Gasteiger partial charge in [-0.1, -0.05) is 18.6 Å². The zero-order chi connectivity index (χ0) is 18.8. The molecule has 3 N–H and O–H groups in total. The van der Waals surface area contributed by atoms with Gasteiger partial charge in [0.15, 0.2) is 0 Å². The first-order valence-electron chi connectivity index (χ1n) is 10.6. The fourth-order valence-corrected chi connectivity index (χ4v) is 5.55. The number of likely N-dealkylation sites (tertiary alicyclic amines) is 1. The van der Waals surface area contributed by atoms with Crippen molar-refractivity contribution in [1.82, 2.24) is 10.2 Å². The molecular weight excluding hydrogens is 409 g/mol.